The van der Waals surface area contributed by atoms with Crippen molar-refractivity contribution < 1.29 is 395 Å². The predicted octanol–water partition coefficient (Wildman–Crippen LogP) is -8.21. The van der Waals surface area contributed by atoms with Gasteiger partial charge < -0.3 is 98.3 Å². The number of rotatable bonds is 10. The van der Waals surface area contributed by atoms with Crippen molar-refractivity contribution in [1.82, 2.24) is 5.32 Å². The number of nitrogen functional groups attached to an aromatic ring is 4. The molecule has 8 aromatic carbocycles. The van der Waals surface area contributed by atoms with E-state index in [9.17, 15) is 57.1 Å². The van der Waals surface area contributed by atoms with Gasteiger partial charge in [0.05, 0.1) is 48.9 Å². The number of nitrogens with two attached hydrogens (primary N) is 5. The summed E-state index contributed by atoms with van der Waals surface area (Å²) in [7, 11) is 0. The molecule has 0 heterocycles. The van der Waals surface area contributed by atoms with E-state index in [4.69, 9.17) is 133 Å². The van der Waals surface area contributed by atoms with Gasteiger partial charge in [0, 0.05) is 93.2 Å². The van der Waals surface area contributed by atoms with E-state index in [1.807, 2.05) is 42.5 Å². The van der Waals surface area contributed by atoms with Crippen molar-refractivity contribution >= 4 is 142 Å². The van der Waals surface area contributed by atoms with Crippen LogP contribution in [0.2, 0.25) is 0 Å². The molecule has 0 aliphatic rings. The Balaban J connectivity index is -0.000000253. The molecule has 26 nitrogen and oxygen atoms in total. The Morgan fingerprint density at radius 1 is 0.495 bits per heavy atom. The summed E-state index contributed by atoms with van der Waals surface area (Å²) < 4.78 is 59.8. The minimum absolute atomic E-state index is 0. The van der Waals surface area contributed by atoms with Gasteiger partial charge in [0.15, 0.2) is 0 Å². The summed E-state index contributed by atoms with van der Waals surface area (Å²) in [6, 6.07) is 47.3. The van der Waals surface area contributed by atoms with Gasteiger partial charge in [-0.2, -0.15) is 45.9 Å². The van der Waals surface area contributed by atoms with E-state index < -0.39 is 48.8 Å². The second kappa shape index (κ2) is 63.2. The number of anilines is 4. The van der Waals surface area contributed by atoms with Gasteiger partial charge in [-0.05, 0) is 100 Å². The number of benzene rings is 8. The zero-order valence-corrected chi connectivity index (χ0v) is 89.2. The van der Waals surface area contributed by atoms with E-state index in [0.717, 1.165) is 58.0 Å². The Hall–Kier alpha value is 0.281. The molecule has 0 saturated carbocycles. The minimum Gasteiger partial charge on any atom is -0.779 e. The average Bonchev–Trinajstić information content (AvgIpc) is 3.38. The molecular formula is C58H45Cl2FN14O12Rb6S6. The quantitative estimate of drug-likeness (QED) is 0.0185. The fourth-order valence-corrected chi connectivity index (χ4v) is 7.83. The number of carbonyl (C=O) groups excluding carboxylic acids is 1. The van der Waals surface area contributed by atoms with Gasteiger partial charge in [0.2, 0.25) is 0 Å². The van der Waals surface area contributed by atoms with Crippen LogP contribution in [0.3, 0.4) is 0 Å². The number of hydrogen-bond acceptors (Lipinski definition) is 26. The van der Waals surface area contributed by atoms with E-state index >= 15 is 0 Å². The van der Waals surface area contributed by atoms with Gasteiger partial charge in [-0.15, -0.1) is 23.2 Å². The summed E-state index contributed by atoms with van der Waals surface area (Å²) in [6.07, 6.45) is -0.481. The van der Waals surface area contributed by atoms with Crippen LogP contribution < -0.4 is 383 Å². The molecule has 99 heavy (non-hydrogen) atoms. The second-order valence-corrected chi connectivity index (χ2v) is 21.2. The van der Waals surface area contributed by atoms with Crippen LogP contribution in [-0.2, 0) is 97.1 Å². The molecular weight excluding hydrogens is 1880 g/mol. The predicted molar refractivity (Wildman–Crippen MR) is 351 cm³/mol. The van der Waals surface area contributed by atoms with Crippen LogP contribution in [0.5, 0.6) is 0 Å². The first-order valence-corrected chi connectivity index (χ1v) is 29.6. The SMILES string of the molecule is ClCCl.N#Cc1cc(N)ccc1S(=O)[O-].N#Cc1cc(N)ccc1[S-].N#Cc1cc([N+](=O)[O-])ccc1F.N#Cc1cc([N+](=O)[O-])ccc1S(=O)[O-].N#Cc1cc([N+](=O)[O-])ccc1[S-].NCc1cc(N)ccc1[S-].Nc1ccc([S-])c(CNC(=O)OCc2ccccc2)c1.[Rb+].[Rb+].[Rb+].[Rb+].[Rb+].[Rb+]. The fraction of sp³-hybridized carbons (Fsp3) is 0.0690. The molecule has 0 fully saturated rings. The number of halogens is 3. The van der Waals surface area contributed by atoms with Crippen LogP contribution >= 0.6 is 23.2 Å². The molecule has 0 saturated heterocycles. The summed E-state index contributed by atoms with van der Waals surface area (Å²) in [6.45, 7) is 1.01. The van der Waals surface area contributed by atoms with Crippen molar-refractivity contribution in [2.24, 2.45) is 5.73 Å². The molecule has 1 amide bonds. The van der Waals surface area contributed by atoms with Gasteiger partial charge in [-0.3, -0.25) is 38.8 Å². The molecule has 8 aromatic rings. The number of nitrogens with zero attached hydrogens (tertiary/aromatic N) is 8. The molecule has 0 radical (unpaired) electrons. The van der Waals surface area contributed by atoms with Crippen LogP contribution in [0.25, 0.3) is 0 Å². The van der Waals surface area contributed by atoms with Crippen molar-refractivity contribution in [2.75, 3.05) is 28.3 Å². The zero-order chi connectivity index (χ0) is 70.3. The number of alkyl carbamates (subject to hydrolysis) is 1. The van der Waals surface area contributed by atoms with Crippen molar-refractivity contribution in [3.05, 3.63) is 238 Å². The summed E-state index contributed by atoms with van der Waals surface area (Å²) in [5.41, 5.74) is 31.8. The third-order valence-electron chi connectivity index (χ3n) is 10.5. The molecule has 0 bridgehead atoms. The average molecular weight is 1930 g/mol. The van der Waals surface area contributed by atoms with Crippen LogP contribution in [0.1, 0.15) is 44.5 Å². The summed E-state index contributed by atoms with van der Waals surface area (Å²) in [5.74, 6) is -0.747. The van der Waals surface area contributed by atoms with E-state index in [0.29, 0.717) is 56.1 Å². The zero-order valence-electron chi connectivity index (χ0n) is 53.3. The number of nitro benzene ring substituents is 3. The van der Waals surface area contributed by atoms with E-state index in [2.05, 4.69) is 5.32 Å². The maximum Gasteiger partial charge on any atom is 1.00 e. The molecule has 0 aromatic heterocycles. The molecule has 0 spiro atoms. The molecule has 2 unspecified atom stereocenters. The maximum absolute atomic E-state index is 12.6. The molecule has 482 valence electrons. The summed E-state index contributed by atoms with van der Waals surface area (Å²) >= 11 is 24.3. The third kappa shape index (κ3) is 45.6. The Labute approximate surface area is 899 Å². The Morgan fingerprint density at radius 3 is 1.22 bits per heavy atom. The Morgan fingerprint density at radius 2 is 0.818 bits per heavy atom. The van der Waals surface area contributed by atoms with E-state index in [1.165, 1.54) is 42.5 Å². The largest absolute Gasteiger partial charge is 1.00 e. The van der Waals surface area contributed by atoms with Gasteiger partial charge >= 0.3 is 355 Å². The van der Waals surface area contributed by atoms with Crippen molar-refractivity contribution in [3.8, 4) is 30.3 Å². The van der Waals surface area contributed by atoms with Crippen molar-refractivity contribution in [2.45, 2.75) is 49.1 Å². The van der Waals surface area contributed by atoms with E-state index in [-0.39, 0.29) is 410 Å². The van der Waals surface area contributed by atoms with Crippen molar-refractivity contribution in [1.29, 1.82) is 26.3 Å². The second-order valence-electron chi connectivity index (χ2n) is 16.8. The standard InChI is InChI=1S/C15H16N2O2S.C7H3FN2O2.C7H4N2O4S.C7H6N2O2S.C7H4N2O2S.C7H10N2S.C7H6N2S.CH2Cl2.6Rb/c16-13-6-7-14(20)12(8-13)9-17-15(18)19-10-11-4-2-1-3-5-11;8-7-2-1-6(10(11)12)3-5(7)4-9;8-4-5-3-6(9(10)11)1-2-7(5)14(12)13;8-4-5-3-6(9)1-2-7(5)12(10)11;8-4-5-3-6(9(10)11)1-2-7(5)12;2*8-4-5-3-6(9)1-2-7(5)10;2-1-3;;;;;;/h1-8,20H,9-10,16H2,(H,17,18);1-3H;1-3H,(H,12,13);1-3H,9H2,(H,10,11);1-3,12H;1-3,10H,4,8-9H2;1-3,10H,9H2;1H2;;;;;;/q;;;;;;;;6*+1/p-6. The summed E-state index contributed by atoms with van der Waals surface area (Å²) in [4.78, 5) is 42.4. The molecule has 8 rings (SSSR count). The number of carbonyl (C=O) groups is 1. The number of alkyl halides is 2. The first kappa shape index (κ1) is 110. The molecule has 0 aliphatic heterocycles. The van der Waals surface area contributed by atoms with Crippen LogP contribution in [0, 0.1) is 92.8 Å². The first-order valence-electron chi connectivity index (χ1n) is 24.8. The van der Waals surface area contributed by atoms with Gasteiger partial charge in [-0.1, -0.05) is 60.2 Å². The summed E-state index contributed by atoms with van der Waals surface area (Å²) in [5, 5.41) is 75.8. The van der Waals surface area contributed by atoms with Crippen LogP contribution in [0.15, 0.2) is 187 Å². The van der Waals surface area contributed by atoms with Gasteiger partial charge in [-0.25, -0.2) is 9.18 Å². The number of hydrogen-bond donors (Lipinski definition) is 6. The normalized spacial score (nSPS) is 9.34. The van der Waals surface area contributed by atoms with Crippen molar-refractivity contribution in [3.63, 3.8) is 0 Å². The number of non-ortho nitro benzene ring substituents is 3. The number of amides is 1. The smallest absolute Gasteiger partial charge is 0.779 e. The molecule has 41 heteroatoms. The monoisotopic (exact) mass is 1920 g/mol. The van der Waals surface area contributed by atoms with E-state index in [1.54, 1.807) is 66.7 Å². The molecule has 2 atom stereocenters. The topological polar surface area (TPSA) is 497 Å². The minimum atomic E-state index is -2.56. The Bertz CT molecular complexity index is 4140. The molecule has 0 aliphatic carbocycles. The fourth-order valence-electron chi connectivity index (χ4n) is 6.15. The maximum atomic E-state index is 12.6. The van der Waals surface area contributed by atoms with Crippen LogP contribution in [-0.4, -0.2) is 43.7 Å². The third-order valence-corrected chi connectivity index (χ3v) is 13.4. The number of nitriles is 5. The van der Waals surface area contributed by atoms with Gasteiger partial charge in [0.25, 0.3) is 17.1 Å². The van der Waals surface area contributed by atoms with Crippen LogP contribution in [0.4, 0.5) is 49.0 Å². The number of ether oxygens (including phenoxy) is 1. The van der Waals surface area contributed by atoms with Gasteiger partial charge in [0.1, 0.15) is 30.6 Å². The molecule has 11 N–H and O–H groups in total. The number of nitrogens with one attached hydrogen (secondary N) is 1. The Kier molecular flexibility index (Phi) is 70.4. The first-order chi connectivity index (χ1) is 44.0. The number of nitro groups is 3.